The molecule has 1 N–H and O–H groups in total. The number of hydrogen-bond donors (Lipinski definition) is 1. The van der Waals surface area contributed by atoms with Gasteiger partial charge in [-0.05, 0) is 12.1 Å². The van der Waals surface area contributed by atoms with Crippen LogP contribution in [-0.2, 0) is 14.5 Å². The van der Waals surface area contributed by atoms with Gasteiger partial charge in [-0.2, -0.15) is 5.06 Å². The molecule has 0 aliphatic rings. The van der Waals surface area contributed by atoms with Crippen molar-refractivity contribution < 1.29 is 14.5 Å². The van der Waals surface area contributed by atoms with Crippen LogP contribution in [-0.4, -0.2) is 32.5 Å². The van der Waals surface area contributed by atoms with Gasteiger partial charge in [0, 0.05) is 0 Å². The van der Waals surface area contributed by atoms with Crippen LogP contribution in [0.2, 0.25) is 0 Å². The van der Waals surface area contributed by atoms with Crippen LogP contribution in [0.15, 0.2) is 30.3 Å². The summed E-state index contributed by atoms with van der Waals surface area (Å²) in [5.41, 5.74) is 0.703. The molecule has 0 amide bonds. The Bertz CT molecular complexity index is 327. The van der Waals surface area contributed by atoms with E-state index >= 15 is 0 Å². The largest absolute Gasteiger partial charge is 0.275 e. The number of rotatable bonds is 4. The van der Waals surface area contributed by atoms with E-state index in [4.69, 9.17) is 19.9 Å². The molecule has 0 saturated carbocycles. The Morgan fingerprint density at radius 1 is 1.00 bits per heavy atom. The summed E-state index contributed by atoms with van der Waals surface area (Å²) in [6.45, 7) is 0. The predicted octanol–water partition coefficient (Wildman–Crippen LogP) is 1.41. The van der Waals surface area contributed by atoms with Gasteiger partial charge >= 0.3 is 0 Å². The van der Waals surface area contributed by atoms with Crippen LogP contribution in [0.1, 0.15) is 0 Å². The molecular weight excluding hydrogens is 210 g/mol. The molecule has 16 heavy (non-hydrogen) atoms. The minimum Gasteiger partial charge on any atom is -0.269 e. The first-order valence-corrected chi connectivity index (χ1v) is 4.60. The normalized spacial score (nSPS) is 9.94. The first-order chi connectivity index (χ1) is 7.74. The Morgan fingerprint density at radius 2 is 1.56 bits per heavy atom. The molecular formula is C10H15N3O3. The van der Waals surface area contributed by atoms with E-state index < -0.39 is 0 Å². The molecule has 1 rings (SSSR count). The maximum atomic E-state index is 7.82. The highest BCUT2D eigenvalue weighted by atomic mass is 16.9. The van der Waals surface area contributed by atoms with Crippen molar-refractivity contribution in [1.82, 2.24) is 5.23 Å². The van der Waals surface area contributed by atoms with Gasteiger partial charge in [0.25, 0.3) is 5.96 Å². The quantitative estimate of drug-likeness (QED) is 0.477. The fourth-order valence-corrected chi connectivity index (χ4v) is 1.20. The van der Waals surface area contributed by atoms with E-state index in [-0.39, 0.29) is 5.96 Å². The molecule has 0 fully saturated rings. The SMILES string of the molecule is CON(OC)C(=N)N(OC)c1ccccc1. The van der Waals surface area contributed by atoms with Gasteiger partial charge in [-0.25, -0.2) is 9.68 Å². The molecule has 0 aromatic heterocycles. The van der Waals surface area contributed by atoms with Crippen LogP contribution in [0.4, 0.5) is 5.69 Å². The zero-order chi connectivity index (χ0) is 12.0. The van der Waals surface area contributed by atoms with Crippen molar-refractivity contribution in [2.45, 2.75) is 0 Å². The summed E-state index contributed by atoms with van der Waals surface area (Å²) in [7, 11) is 4.26. The van der Waals surface area contributed by atoms with Crippen molar-refractivity contribution in [2.75, 3.05) is 26.4 Å². The van der Waals surface area contributed by atoms with Gasteiger partial charge in [0.05, 0.1) is 27.0 Å². The Morgan fingerprint density at radius 3 is 2.00 bits per heavy atom. The Kier molecular flexibility index (Phi) is 4.71. The number of hydrogen-bond acceptors (Lipinski definition) is 4. The van der Waals surface area contributed by atoms with E-state index in [0.29, 0.717) is 5.69 Å². The van der Waals surface area contributed by atoms with Crippen molar-refractivity contribution >= 4 is 11.6 Å². The van der Waals surface area contributed by atoms with Crippen LogP contribution in [0.25, 0.3) is 0 Å². The lowest BCUT2D eigenvalue weighted by Crippen LogP contribution is -2.42. The van der Waals surface area contributed by atoms with Crippen LogP contribution >= 0.6 is 0 Å². The number of anilines is 1. The first kappa shape index (κ1) is 12.4. The fraction of sp³-hybridized carbons (Fsp3) is 0.300. The molecule has 0 heterocycles. The second-order valence-corrected chi connectivity index (χ2v) is 2.76. The van der Waals surface area contributed by atoms with E-state index in [1.54, 1.807) is 0 Å². The molecule has 0 unspecified atom stereocenters. The molecule has 0 spiro atoms. The summed E-state index contributed by atoms with van der Waals surface area (Å²) >= 11 is 0. The minimum atomic E-state index is -0.0845. The number of nitrogens with one attached hydrogen (secondary N) is 1. The predicted molar refractivity (Wildman–Crippen MR) is 59.5 cm³/mol. The lowest BCUT2D eigenvalue weighted by atomic mass is 10.3. The van der Waals surface area contributed by atoms with Gasteiger partial charge in [0.1, 0.15) is 0 Å². The minimum absolute atomic E-state index is 0.0845. The van der Waals surface area contributed by atoms with Crippen molar-refractivity contribution in [2.24, 2.45) is 0 Å². The van der Waals surface area contributed by atoms with Crippen LogP contribution in [0.5, 0.6) is 0 Å². The molecule has 6 nitrogen and oxygen atoms in total. The molecule has 88 valence electrons. The summed E-state index contributed by atoms with van der Waals surface area (Å²) in [5, 5.41) is 10.0. The molecule has 0 bridgehead atoms. The number of guanidine groups is 1. The van der Waals surface area contributed by atoms with E-state index in [1.165, 1.54) is 26.4 Å². The third kappa shape index (κ3) is 2.69. The van der Waals surface area contributed by atoms with Crippen molar-refractivity contribution in [1.29, 1.82) is 5.41 Å². The van der Waals surface area contributed by atoms with Gasteiger partial charge in [0.15, 0.2) is 0 Å². The topological polar surface area (TPSA) is 58.0 Å². The van der Waals surface area contributed by atoms with Gasteiger partial charge in [-0.1, -0.05) is 23.4 Å². The van der Waals surface area contributed by atoms with Gasteiger partial charge < -0.3 is 0 Å². The van der Waals surface area contributed by atoms with Crippen molar-refractivity contribution in [3.05, 3.63) is 30.3 Å². The third-order valence-electron chi connectivity index (χ3n) is 1.87. The zero-order valence-electron chi connectivity index (χ0n) is 9.51. The zero-order valence-corrected chi connectivity index (χ0v) is 9.51. The second kappa shape index (κ2) is 6.06. The van der Waals surface area contributed by atoms with Crippen LogP contribution < -0.4 is 5.06 Å². The summed E-state index contributed by atoms with van der Waals surface area (Å²) in [4.78, 5) is 14.8. The van der Waals surface area contributed by atoms with E-state index in [1.807, 2.05) is 30.3 Å². The third-order valence-corrected chi connectivity index (χ3v) is 1.87. The summed E-state index contributed by atoms with van der Waals surface area (Å²) in [6.07, 6.45) is 0. The lowest BCUT2D eigenvalue weighted by Gasteiger charge is -2.27. The maximum Gasteiger partial charge on any atom is 0.275 e. The number of nitrogens with zero attached hydrogens (tertiary/aromatic N) is 2. The maximum absolute atomic E-state index is 7.82. The molecule has 0 aliphatic heterocycles. The highest BCUT2D eigenvalue weighted by Crippen LogP contribution is 2.14. The lowest BCUT2D eigenvalue weighted by molar-refractivity contribution is -0.290. The molecule has 6 heteroatoms. The molecule has 0 atom stereocenters. The molecule has 0 saturated heterocycles. The molecule has 0 aliphatic carbocycles. The first-order valence-electron chi connectivity index (χ1n) is 4.60. The smallest absolute Gasteiger partial charge is 0.269 e. The van der Waals surface area contributed by atoms with Gasteiger partial charge in [0.2, 0.25) is 0 Å². The second-order valence-electron chi connectivity index (χ2n) is 2.76. The number of para-hydroxylation sites is 1. The molecule has 1 aromatic rings. The monoisotopic (exact) mass is 225 g/mol. The van der Waals surface area contributed by atoms with E-state index in [2.05, 4.69) is 0 Å². The van der Waals surface area contributed by atoms with Crippen molar-refractivity contribution in [3.8, 4) is 0 Å². The summed E-state index contributed by atoms with van der Waals surface area (Å²) in [6, 6.07) is 9.19. The molecule has 1 aromatic carbocycles. The number of hydroxylamine groups is 3. The van der Waals surface area contributed by atoms with E-state index in [0.717, 1.165) is 5.23 Å². The number of benzene rings is 1. The fourth-order valence-electron chi connectivity index (χ4n) is 1.20. The Labute approximate surface area is 94.3 Å². The standard InChI is InChI=1S/C10H15N3O3/c1-14-12(9-7-5-4-6-8-9)10(11)13(15-2)16-3/h4-8,11H,1-3H3. The summed E-state index contributed by atoms with van der Waals surface area (Å²) in [5.74, 6) is -0.0845. The van der Waals surface area contributed by atoms with Crippen LogP contribution in [0, 0.1) is 5.41 Å². The molecule has 0 radical (unpaired) electrons. The van der Waals surface area contributed by atoms with Gasteiger partial charge in [-0.3, -0.25) is 10.2 Å². The average molecular weight is 225 g/mol. The highest BCUT2D eigenvalue weighted by molar-refractivity contribution is 5.90. The van der Waals surface area contributed by atoms with Crippen LogP contribution in [0.3, 0.4) is 0 Å². The summed E-state index contributed by atoms with van der Waals surface area (Å²) < 4.78 is 0. The Hall–Kier alpha value is -1.63. The highest BCUT2D eigenvalue weighted by Gasteiger charge is 2.18. The van der Waals surface area contributed by atoms with Gasteiger partial charge in [-0.15, -0.1) is 0 Å². The van der Waals surface area contributed by atoms with E-state index in [9.17, 15) is 0 Å². The Balaban J connectivity index is 2.86. The van der Waals surface area contributed by atoms with Crippen molar-refractivity contribution in [3.63, 3.8) is 0 Å². The average Bonchev–Trinajstić information content (AvgIpc) is 2.33.